The van der Waals surface area contributed by atoms with Gasteiger partial charge in [-0.25, -0.2) is 0 Å². The van der Waals surface area contributed by atoms with Crippen molar-refractivity contribution in [3.8, 4) is 0 Å². The summed E-state index contributed by atoms with van der Waals surface area (Å²) in [7, 11) is 0. The molecular weight excluding hydrogens is 345 g/mol. The minimum Gasteiger partial charge on any atom is -0.377 e. The molecule has 1 aromatic rings. The van der Waals surface area contributed by atoms with Gasteiger partial charge < -0.3 is 14.2 Å². The first-order valence-electron chi connectivity index (χ1n) is 9.47. The Hall–Kier alpha value is -1.11. The summed E-state index contributed by atoms with van der Waals surface area (Å²) in [5.74, 6) is -1.42. The van der Waals surface area contributed by atoms with Gasteiger partial charge in [0.1, 0.15) is 0 Å². The van der Waals surface area contributed by atoms with E-state index in [1.807, 2.05) is 30.3 Å². The van der Waals surface area contributed by atoms with Crippen LogP contribution in [0.5, 0.6) is 0 Å². The molecular formula is C20H29F3O3. The molecule has 0 radical (unpaired) electrons. The van der Waals surface area contributed by atoms with Gasteiger partial charge in [-0.2, -0.15) is 13.2 Å². The van der Waals surface area contributed by atoms with Crippen LogP contribution in [-0.2, 0) is 20.8 Å². The third-order valence-electron chi connectivity index (χ3n) is 4.54. The molecule has 6 heteroatoms. The summed E-state index contributed by atoms with van der Waals surface area (Å²) in [4.78, 5) is 0. The average Bonchev–Trinajstić information content (AvgIpc) is 2.64. The number of rotatable bonds is 11. The van der Waals surface area contributed by atoms with Gasteiger partial charge in [-0.3, -0.25) is 0 Å². The van der Waals surface area contributed by atoms with Crippen LogP contribution in [0, 0.1) is 5.92 Å². The van der Waals surface area contributed by atoms with Crippen molar-refractivity contribution < 1.29 is 27.4 Å². The average molecular weight is 374 g/mol. The first kappa shape index (κ1) is 21.2. The normalized spacial score (nSPS) is 19.4. The fraction of sp³-hybridized carbons (Fsp3) is 0.700. The van der Waals surface area contributed by atoms with E-state index < -0.39 is 18.4 Å². The summed E-state index contributed by atoms with van der Waals surface area (Å²) in [6.45, 7) is 1.38. The molecule has 148 valence electrons. The molecule has 2 atom stereocenters. The number of halogens is 3. The molecule has 1 aromatic carbocycles. The van der Waals surface area contributed by atoms with Crippen LogP contribution in [0.4, 0.5) is 13.2 Å². The number of hydrogen-bond acceptors (Lipinski definition) is 3. The minimum atomic E-state index is -4.22. The van der Waals surface area contributed by atoms with Gasteiger partial charge in [-0.05, 0) is 37.7 Å². The maximum Gasteiger partial charge on any atom is 0.394 e. The van der Waals surface area contributed by atoms with Gasteiger partial charge in [0.05, 0.1) is 19.1 Å². The summed E-state index contributed by atoms with van der Waals surface area (Å²) >= 11 is 0. The zero-order valence-corrected chi connectivity index (χ0v) is 15.2. The van der Waals surface area contributed by atoms with Crippen molar-refractivity contribution in [2.24, 2.45) is 5.92 Å². The lowest BCUT2D eigenvalue weighted by Gasteiger charge is -2.26. The Kier molecular flexibility index (Phi) is 9.43. The molecule has 26 heavy (non-hydrogen) atoms. The van der Waals surface area contributed by atoms with Gasteiger partial charge in [0.2, 0.25) is 0 Å². The van der Waals surface area contributed by atoms with Crippen LogP contribution in [0.15, 0.2) is 30.3 Å². The van der Waals surface area contributed by atoms with Crippen molar-refractivity contribution in [2.75, 3.05) is 19.8 Å². The van der Waals surface area contributed by atoms with E-state index in [9.17, 15) is 13.2 Å². The van der Waals surface area contributed by atoms with Crippen LogP contribution in [0.2, 0.25) is 0 Å². The first-order valence-corrected chi connectivity index (χ1v) is 9.47. The zero-order valence-electron chi connectivity index (χ0n) is 15.2. The smallest absolute Gasteiger partial charge is 0.377 e. The number of unbranched alkanes of at least 4 members (excludes halogenated alkanes) is 2. The highest BCUT2D eigenvalue weighted by Crippen LogP contribution is 2.31. The summed E-state index contributed by atoms with van der Waals surface area (Å²) in [5.41, 5.74) is 1.10. The highest BCUT2D eigenvalue weighted by Gasteiger charge is 2.39. The second-order valence-corrected chi connectivity index (χ2v) is 6.76. The van der Waals surface area contributed by atoms with Gasteiger partial charge in [-0.15, -0.1) is 0 Å². The topological polar surface area (TPSA) is 27.7 Å². The zero-order chi connectivity index (χ0) is 18.7. The van der Waals surface area contributed by atoms with E-state index >= 15 is 0 Å². The molecule has 0 aromatic heterocycles. The fourth-order valence-corrected chi connectivity index (χ4v) is 2.94. The van der Waals surface area contributed by atoms with Crippen LogP contribution in [0.1, 0.15) is 50.5 Å². The summed E-state index contributed by atoms with van der Waals surface area (Å²) in [6, 6.07) is 9.84. The number of benzene rings is 1. The van der Waals surface area contributed by atoms with Crippen molar-refractivity contribution in [3.63, 3.8) is 0 Å². The fourth-order valence-electron chi connectivity index (χ4n) is 2.94. The van der Waals surface area contributed by atoms with Gasteiger partial charge in [-0.1, -0.05) is 43.2 Å². The van der Waals surface area contributed by atoms with E-state index in [2.05, 4.69) is 0 Å². The van der Waals surface area contributed by atoms with Crippen LogP contribution < -0.4 is 0 Å². The molecule has 3 nitrogen and oxygen atoms in total. The Bertz CT molecular complexity index is 473. The third-order valence-corrected chi connectivity index (χ3v) is 4.54. The van der Waals surface area contributed by atoms with E-state index in [1.54, 1.807) is 0 Å². The van der Waals surface area contributed by atoms with Crippen molar-refractivity contribution in [1.29, 1.82) is 0 Å². The lowest BCUT2D eigenvalue weighted by atomic mass is 10.0. The van der Waals surface area contributed by atoms with E-state index in [4.69, 9.17) is 14.2 Å². The largest absolute Gasteiger partial charge is 0.394 e. The molecule has 0 bridgehead atoms. The second-order valence-electron chi connectivity index (χ2n) is 6.76. The highest BCUT2D eigenvalue weighted by atomic mass is 19.4. The molecule has 1 heterocycles. The predicted molar refractivity (Wildman–Crippen MR) is 93.7 cm³/mol. The van der Waals surface area contributed by atoms with E-state index in [1.165, 1.54) is 0 Å². The number of ether oxygens (including phenoxy) is 3. The molecule has 1 fully saturated rings. The Morgan fingerprint density at radius 2 is 1.88 bits per heavy atom. The van der Waals surface area contributed by atoms with Crippen molar-refractivity contribution >= 4 is 0 Å². The molecule has 0 spiro atoms. The standard InChI is InChI=1S/C20H29F3O3/c21-20(22,23)18(16-26-19-12-6-8-14-25-19)11-5-2-7-13-24-15-17-9-3-1-4-10-17/h1,3-4,9-10,18-19H,2,5-8,11-16H2/t18-,19?/m0/s1. The van der Waals surface area contributed by atoms with E-state index in [0.717, 1.165) is 31.2 Å². The molecule has 0 aliphatic carbocycles. The highest BCUT2D eigenvalue weighted by molar-refractivity contribution is 5.13. The molecule has 0 amide bonds. The van der Waals surface area contributed by atoms with E-state index in [0.29, 0.717) is 32.7 Å². The van der Waals surface area contributed by atoms with Crippen molar-refractivity contribution in [3.05, 3.63) is 35.9 Å². The maximum absolute atomic E-state index is 13.1. The molecule has 1 aliphatic rings. The quantitative estimate of drug-likeness (QED) is 0.480. The summed E-state index contributed by atoms with van der Waals surface area (Å²) < 4.78 is 55.7. The van der Waals surface area contributed by atoms with Gasteiger partial charge in [0.15, 0.2) is 6.29 Å². The van der Waals surface area contributed by atoms with Crippen LogP contribution >= 0.6 is 0 Å². The van der Waals surface area contributed by atoms with Gasteiger partial charge >= 0.3 is 6.18 Å². The Labute approximate surface area is 153 Å². The Morgan fingerprint density at radius 3 is 2.58 bits per heavy atom. The minimum absolute atomic E-state index is 0.0922. The maximum atomic E-state index is 13.1. The van der Waals surface area contributed by atoms with E-state index in [-0.39, 0.29) is 13.0 Å². The third kappa shape index (κ3) is 8.52. The van der Waals surface area contributed by atoms with Gasteiger partial charge in [0, 0.05) is 13.2 Å². The first-order chi connectivity index (χ1) is 12.6. The molecule has 1 aliphatic heterocycles. The molecule has 2 rings (SSSR count). The lowest BCUT2D eigenvalue weighted by Crippen LogP contribution is -2.31. The van der Waals surface area contributed by atoms with Crippen LogP contribution in [0.25, 0.3) is 0 Å². The molecule has 1 saturated heterocycles. The molecule has 1 unspecified atom stereocenters. The van der Waals surface area contributed by atoms with Crippen LogP contribution in [0.3, 0.4) is 0 Å². The molecule has 0 N–H and O–H groups in total. The Balaban J connectivity index is 1.56. The van der Waals surface area contributed by atoms with Crippen molar-refractivity contribution in [2.45, 2.75) is 64.0 Å². The SMILES string of the molecule is FC(F)(F)[C@@H](CCCCCOCc1ccccc1)COC1CCCCO1. The van der Waals surface area contributed by atoms with Gasteiger partial charge in [0.25, 0.3) is 0 Å². The van der Waals surface area contributed by atoms with Crippen molar-refractivity contribution in [1.82, 2.24) is 0 Å². The monoisotopic (exact) mass is 374 g/mol. The summed E-state index contributed by atoms with van der Waals surface area (Å²) in [6.07, 6.45) is -0.00497. The molecule has 0 saturated carbocycles. The summed E-state index contributed by atoms with van der Waals surface area (Å²) in [5, 5.41) is 0. The number of hydrogen-bond donors (Lipinski definition) is 0. The predicted octanol–water partition coefficient (Wildman–Crippen LogP) is 5.49. The lowest BCUT2D eigenvalue weighted by molar-refractivity contribution is -0.222. The number of alkyl halides is 3. The Morgan fingerprint density at radius 1 is 1.08 bits per heavy atom. The second kappa shape index (κ2) is 11.6. The van der Waals surface area contributed by atoms with Crippen LogP contribution in [-0.4, -0.2) is 32.3 Å².